The van der Waals surface area contributed by atoms with Crippen molar-refractivity contribution < 1.29 is 23.9 Å². The normalized spacial score (nSPS) is 19.2. The number of carbonyl (C=O) groups is 3. The third kappa shape index (κ3) is 20.1. The second kappa shape index (κ2) is 26.8. The molecule has 0 spiro atoms. The van der Waals surface area contributed by atoms with Crippen LogP contribution in [0.4, 0.5) is 0 Å². The molecule has 2 N–H and O–H groups in total. The lowest BCUT2D eigenvalue weighted by Gasteiger charge is -2.32. The fourth-order valence-corrected chi connectivity index (χ4v) is 7.56. The van der Waals surface area contributed by atoms with E-state index in [9.17, 15) is 14.4 Å². The molecule has 0 unspecified atom stereocenters. The largest absolute Gasteiger partial charge is 0.379 e. The number of hydrogen-bond acceptors (Lipinski definition) is 5. The molecule has 0 saturated carbocycles. The molecule has 58 heavy (non-hydrogen) atoms. The van der Waals surface area contributed by atoms with Gasteiger partial charge in [0.15, 0.2) is 5.78 Å². The molecule has 1 atom stereocenters. The van der Waals surface area contributed by atoms with E-state index in [1.54, 1.807) is 12.2 Å². The zero-order valence-electron chi connectivity index (χ0n) is 37.7. The van der Waals surface area contributed by atoms with Crippen LogP contribution in [0, 0.1) is 16.7 Å². The maximum Gasteiger partial charge on any atom is 0.244 e. The molecule has 0 bridgehead atoms. The van der Waals surface area contributed by atoms with Crippen LogP contribution in [-0.4, -0.2) is 57.1 Å². The number of ketones is 1. The van der Waals surface area contributed by atoms with Gasteiger partial charge in [-0.05, 0) is 126 Å². The molecule has 0 aromatic rings. The summed E-state index contributed by atoms with van der Waals surface area (Å²) in [6.07, 6.45) is 34.0. The van der Waals surface area contributed by atoms with E-state index in [-0.39, 0.29) is 34.8 Å². The Kier molecular flexibility index (Phi) is 23.2. The molecule has 2 rings (SSSR count). The monoisotopic (exact) mass is 797 g/mol. The van der Waals surface area contributed by atoms with Crippen LogP contribution in [0.2, 0.25) is 0 Å². The smallest absolute Gasteiger partial charge is 0.244 e. The predicted molar refractivity (Wildman–Crippen MR) is 243 cm³/mol. The fraction of sp³-hybridized carbons (Fsp3) is 0.549. The Morgan fingerprint density at radius 1 is 0.793 bits per heavy atom. The van der Waals surface area contributed by atoms with E-state index in [1.165, 1.54) is 41.6 Å². The summed E-state index contributed by atoms with van der Waals surface area (Å²) in [6.45, 7) is 24.3. The highest BCUT2D eigenvalue weighted by Crippen LogP contribution is 2.41. The van der Waals surface area contributed by atoms with Crippen LogP contribution in [-0.2, 0) is 23.9 Å². The Hall–Kier alpha value is -4.07. The van der Waals surface area contributed by atoms with Gasteiger partial charge in [0.1, 0.15) is 0 Å². The molecule has 0 aliphatic heterocycles. The molecule has 0 fully saturated rings. The summed E-state index contributed by atoms with van der Waals surface area (Å²) in [6, 6.07) is 0. The number of nitrogens with one attached hydrogen (secondary N) is 2. The summed E-state index contributed by atoms with van der Waals surface area (Å²) in [7, 11) is 0. The maximum absolute atomic E-state index is 13.2. The van der Waals surface area contributed by atoms with Gasteiger partial charge in [-0.25, -0.2) is 0 Å². The van der Waals surface area contributed by atoms with Crippen LogP contribution >= 0.6 is 0 Å². The lowest BCUT2D eigenvalue weighted by molar-refractivity contribution is -0.128. The average Bonchev–Trinajstić information content (AvgIpc) is 3.14. The van der Waals surface area contributed by atoms with Crippen molar-refractivity contribution in [2.75, 3.05) is 39.5 Å². The van der Waals surface area contributed by atoms with Gasteiger partial charge in [0.05, 0.1) is 19.8 Å². The van der Waals surface area contributed by atoms with Gasteiger partial charge in [-0.3, -0.25) is 14.4 Å². The van der Waals surface area contributed by atoms with E-state index in [2.05, 4.69) is 95.6 Å². The zero-order chi connectivity index (χ0) is 43.0. The van der Waals surface area contributed by atoms with Crippen LogP contribution in [0.3, 0.4) is 0 Å². The van der Waals surface area contributed by atoms with Gasteiger partial charge >= 0.3 is 0 Å². The molecule has 0 radical (unpaired) electrons. The maximum atomic E-state index is 13.2. The fourth-order valence-electron chi connectivity index (χ4n) is 7.56. The number of amides is 2. The highest BCUT2D eigenvalue weighted by Gasteiger charge is 2.27. The summed E-state index contributed by atoms with van der Waals surface area (Å²) in [4.78, 5) is 39.0. The quantitative estimate of drug-likeness (QED) is 0.0576. The van der Waals surface area contributed by atoms with Gasteiger partial charge in [-0.1, -0.05) is 118 Å². The molecule has 0 aromatic heterocycles. The van der Waals surface area contributed by atoms with E-state index in [4.69, 9.17) is 9.47 Å². The average molecular weight is 797 g/mol. The van der Waals surface area contributed by atoms with Crippen molar-refractivity contribution in [2.45, 2.75) is 127 Å². The van der Waals surface area contributed by atoms with Crippen LogP contribution in [0.1, 0.15) is 127 Å². The summed E-state index contributed by atoms with van der Waals surface area (Å²) < 4.78 is 10.8. The summed E-state index contributed by atoms with van der Waals surface area (Å²) in [5, 5.41) is 5.90. The van der Waals surface area contributed by atoms with Gasteiger partial charge in [-0.15, -0.1) is 0 Å². The van der Waals surface area contributed by atoms with E-state index >= 15 is 0 Å². The SMILES string of the molecule is CCOCCOCCNC(=O)[C@@H](CCCCNC(=O)/C=C(C)/C=C/C=C/C=C1/C(C)=CCCC1(C)C)CC(=O)/C=C(C)/C=C/C=C(C)/C=C/C1=C(C)CCCC1(C)C. The van der Waals surface area contributed by atoms with E-state index in [1.807, 2.05) is 51.2 Å². The minimum absolute atomic E-state index is 0.0870. The van der Waals surface area contributed by atoms with E-state index < -0.39 is 5.92 Å². The van der Waals surface area contributed by atoms with Crippen LogP contribution in [0.25, 0.3) is 0 Å². The molecule has 0 saturated heterocycles. The van der Waals surface area contributed by atoms with Crippen molar-refractivity contribution >= 4 is 17.6 Å². The standard InChI is InChI=1S/C51H76N2O5/c1-11-57-34-35-58-33-32-53-49(56)44(38-45(54)36-40(3)22-17-21-39(2)27-28-47-43(6)24-19-30-51(47,9)10)25-15-16-31-52-48(55)37-41(4)20-13-12-14-26-46-42(5)23-18-29-50(46,7)8/h12-14,17,20-23,26-28,36-37,44H,11,15-16,18-19,24-25,29-35,38H2,1-10H3,(H,52,55)(H,53,56)/b14-12+,20-13+,22-17+,28-27+,39-21+,40-36+,41-37+,46-26-/t44-/m0/s1. The Morgan fingerprint density at radius 3 is 2.24 bits per heavy atom. The highest BCUT2D eigenvalue weighted by atomic mass is 16.5. The Labute approximate surface area is 352 Å². The minimum Gasteiger partial charge on any atom is -0.379 e. The Bertz CT molecular complexity index is 1670. The third-order valence-electron chi connectivity index (χ3n) is 11.0. The molecule has 0 aromatic carbocycles. The second-order valence-electron chi connectivity index (χ2n) is 17.2. The number of ether oxygens (including phenoxy) is 2. The van der Waals surface area contributed by atoms with Crippen molar-refractivity contribution in [3.05, 3.63) is 118 Å². The van der Waals surface area contributed by atoms with E-state index in [0.29, 0.717) is 58.8 Å². The molecular weight excluding hydrogens is 721 g/mol. The molecule has 7 heteroatoms. The van der Waals surface area contributed by atoms with Gasteiger partial charge in [0.2, 0.25) is 11.8 Å². The lowest BCUT2D eigenvalue weighted by Crippen LogP contribution is -2.34. The summed E-state index contributed by atoms with van der Waals surface area (Å²) >= 11 is 0. The number of hydrogen-bond donors (Lipinski definition) is 2. The number of unbranched alkanes of at least 4 members (excludes halogenated alkanes) is 1. The van der Waals surface area contributed by atoms with Crippen molar-refractivity contribution in [1.29, 1.82) is 0 Å². The third-order valence-corrected chi connectivity index (χ3v) is 11.0. The molecular formula is C51H76N2O5. The van der Waals surface area contributed by atoms with Gasteiger partial charge in [0, 0.05) is 38.1 Å². The van der Waals surface area contributed by atoms with Crippen molar-refractivity contribution in [3.8, 4) is 0 Å². The predicted octanol–water partition coefficient (Wildman–Crippen LogP) is 11.3. The molecule has 2 aliphatic rings. The Morgan fingerprint density at radius 2 is 1.52 bits per heavy atom. The first kappa shape index (κ1) is 50.1. The second-order valence-corrected chi connectivity index (χ2v) is 17.2. The number of rotatable bonds is 24. The van der Waals surface area contributed by atoms with Crippen LogP contribution in [0.15, 0.2) is 118 Å². The molecule has 7 nitrogen and oxygen atoms in total. The highest BCUT2D eigenvalue weighted by molar-refractivity contribution is 5.94. The van der Waals surface area contributed by atoms with Gasteiger partial charge < -0.3 is 20.1 Å². The zero-order valence-corrected chi connectivity index (χ0v) is 37.7. The lowest BCUT2D eigenvalue weighted by atomic mass is 9.72. The summed E-state index contributed by atoms with van der Waals surface area (Å²) in [5.41, 5.74) is 8.83. The van der Waals surface area contributed by atoms with Gasteiger partial charge in [0.25, 0.3) is 0 Å². The molecule has 320 valence electrons. The van der Waals surface area contributed by atoms with Crippen molar-refractivity contribution in [3.63, 3.8) is 0 Å². The first-order valence-electron chi connectivity index (χ1n) is 21.6. The van der Waals surface area contributed by atoms with Crippen molar-refractivity contribution in [1.82, 2.24) is 10.6 Å². The number of allylic oxidation sites excluding steroid dienone is 19. The van der Waals surface area contributed by atoms with Crippen molar-refractivity contribution in [2.24, 2.45) is 16.7 Å². The molecule has 2 amide bonds. The minimum atomic E-state index is -0.478. The number of carbonyl (C=O) groups excluding carboxylic acids is 3. The molecule has 2 aliphatic carbocycles. The Balaban J connectivity index is 1.92. The topological polar surface area (TPSA) is 93.7 Å². The summed E-state index contributed by atoms with van der Waals surface area (Å²) in [5.74, 6) is -0.874. The van der Waals surface area contributed by atoms with Crippen LogP contribution in [0.5, 0.6) is 0 Å². The molecule has 0 heterocycles. The van der Waals surface area contributed by atoms with Gasteiger partial charge in [-0.2, -0.15) is 0 Å². The first-order valence-corrected chi connectivity index (χ1v) is 21.6. The van der Waals surface area contributed by atoms with Crippen LogP contribution < -0.4 is 10.6 Å². The first-order chi connectivity index (χ1) is 27.6. The van der Waals surface area contributed by atoms with E-state index in [0.717, 1.165) is 29.6 Å².